The van der Waals surface area contributed by atoms with Crippen LogP contribution in [0.15, 0.2) is 18.3 Å². The van der Waals surface area contributed by atoms with E-state index < -0.39 is 29.8 Å². The molecule has 1 aromatic heterocycles. The molecule has 116 valence electrons. The van der Waals surface area contributed by atoms with E-state index >= 15 is 0 Å². The van der Waals surface area contributed by atoms with Crippen molar-refractivity contribution in [1.82, 2.24) is 10.3 Å². The van der Waals surface area contributed by atoms with Gasteiger partial charge in [-0.1, -0.05) is 6.92 Å². The molecule has 3 N–H and O–H groups in total. The third kappa shape index (κ3) is 5.28. The predicted molar refractivity (Wildman–Crippen MR) is 67.7 cm³/mol. The van der Waals surface area contributed by atoms with Crippen LogP contribution in [-0.4, -0.2) is 28.6 Å². The van der Waals surface area contributed by atoms with E-state index in [2.05, 4.69) is 15.6 Å². The maximum absolute atomic E-state index is 12.3. The van der Waals surface area contributed by atoms with Gasteiger partial charge in [0, 0.05) is 6.54 Å². The van der Waals surface area contributed by atoms with Crippen LogP contribution < -0.4 is 10.6 Å². The number of hydrogen-bond donors (Lipinski definition) is 3. The number of halogens is 3. The minimum atomic E-state index is -4.55. The number of carbonyl (C=O) groups excluding carboxylic acids is 1. The topological polar surface area (TPSA) is 91.3 Å². The summed E-state index contributed by atoms with van der Waals surface area (Å²) in [5, 5.41) is 13.4. The van der Waals surface area contributed by atoms with Gasteiger partial charge in [-0.15, -0.1) is 0 Å². The van der Waals surface area contributed by atoms with Crippen LogP contribution in [0.3, 0.4) is 0 Å². The van der Waals surface area contributed by atoms with Crippen LogP contribution in [0.25, 0.3) is 0 Å². The Labute approximate surface area is 118 Å². The van der Waals surface area contributed by atoms with E-state index in [1.807, 2.05) is 0 Å². The molecule has 6 nitrogen and oxygen atoms in total. The molecular formula is C12H14F3N3O3. The fourth-order valence-electron chi connectivity index (χ4n) is 1.43. The third-order valence-corrected chi connectivity index (χ3v) is 2.66. The number of rotatable bonds is 5. The number of hydrogen-bond acceptors (Lipinski definition) is 3. The summed E-state index contributed by atoms with van der Waals surface area (Å²) in [6.07, 6.45) is -3.33. The van der Waals surface area contributed by atoms with Crippen molar-refractivity contribution in [3.8, 4) is 0 Å². The van der Waals surface area contributed by atoms with Crippen LogP contribution in [0.5, 0.6) is 0 Å². The predicted octanol–water partition coefficient (Wildman–Crippen LogP) is 2.33. The Kier molecular flexibility index (Phi) is 5.51. The zero-order valence-electron chi connectivity index (χ0n) is 11.1. The van der Waals surface area contributed by atoms with Crippen molar-refractivity contribution in [3.05, 3.63) is 24.0 Å². The Morgan fingerprint density at radius 2 is 2.05 bits per heavy atom. The van der Waals surface area contributed by atoms with E-state index in [1.165, 1.54) is 0 Å². The number of pyridine rings is 1. The molecule has 0 saturated heterocycles. The highest BCUT2D eigenvalue weighted by atomic mass is 19.4. The van der Waals surface area contributed by atoms with Gasteiger partial charge in [0.15, 0.2) is 0 Å². The first-order chi connectivity index (χ1) is 9.74. The van der Waals surface area contributed by atoms with Gasteiger partial charge in [0.25, 0.3) is 0 Å². The highest BCUT2D eigenvalue weighted by molar-refractivity contribution is 5.89. The fourth-order valence-corrected chi connectivity index (χ4v) is 1.43. The van der Waals surface area contributed by atoms with Gasteiger partial charge in [-0.2, -0.15) is 13.2 Å². The van der Waals surface area contributed by atoms with Gasteiger partial charge < -0.3 is 15.7 Å². The third-order valence-electron chi connectivity index (χ3n) is 2.66. The first-order valence-corrected chi connectivity index (χ1v) is 6.05. The summed E-state index contributed by atoms with van der Waals surface area (Å²) in [7, 11) is 0. The van der Waals surface area contributed by atoms with E-state index in [4.69, 9.17) is 5.11 Å². The number of amides is 2. The molecule has 1 heterocycles. The van der Waals surface area contributed by atoms with Gasteiger partial charge in [0.05, 0.1) is 17.8 Å². The van der Waals surface area contributed by atoms with E-state index in [1.54, 1.807) is 6.92 Å². The number of alkyl halides is 3. The Balaban J connectivity index is 2.54. The molecule has 0 aliphatic heterocycles. The van der Waals surface area contributed by atoms with Gasteiger partial charge in [-0.25, -0.2) is 9.78 Å². The lowest BCUT2D eigenvalue weighted by Gasteiger charge is -2.12. The average molecular weight is 305 g/mol. The normalized spacial score (nSPS) is 12.6. The Morgan fingerprint density at radius 1 is 1.38 bits per heavy atom. The summed E-state index contributed by atoms with van der Waals surface area (Å²) >= 11 is 0. The minimum absolute atomic E-state index is 0.0730. The molecule has 0 radical (unpaired) electrons. The average Bonchev–Trinajstić information content (AvgIpc) is 2.38. The Hall–Kier alpha value is -2.32. The molecule has 1 atom stereocenters. The van der Waals surface area contributed by atoms with Gasteiger partial charge in [0.1, 0.15) is 5.69 Å². The lowest BCUT2D eigenvalue weighted by atomic mass is 10.1. The maximum atomic E-state index is 12.3. The second kappa shape index (κ2) is 6.91. The quantitative estimate of drug-likeness (QED) is 0.778. The van der Waals surface area contributed by atoms with Crippen molar-refractivity contribution in [2.45, 2.75) is 19.5 Å². The lowest BCUT2D eigenvalue weighted by molar-refractivity contribution is -0.142. The van der Waals surface area contributed by atoms with E-state index in [0.717, 1.165) is 18.3 Å². The van der Waals surface area contributed by atoms with Gasteiger partial charge >= 0.3 is 18.2 Å². The maximum Gasteiger partial charge on any atom is 0.433 e. The minimum Gasteiger partial charge on any atom is -0.481 e. The van der Waals surface area contributed by atoms with Crippen LogP contribution in [-0.2, 0) is 11.0 Å². The largest absolute Gasteiger partial charge is 0.481 e. The molecule has 1 aromatic rings. The van der Waals surface area contributed by atoms with E-state index in [9.17, 15) is 22.8 Å². The van der Waals surface area contributed by atoms with E-state index in [-0.39, 0.29) is 12.2 Å². The summed E-state index contributed by atoms with van der Waals surface area (Å²) in [6, 6.07) is 1.09. The number of urea groups is 1. The molecule has 0 aromatic carbocycles. The standard InChI is InChI=1S/C12H14F3N3O3/c1-2-7(10(19)20)5-17-11(21)18-8-3-4-9(16-6-8)12(13,14)15/h3-4,6-7H,2,5H2,1H3,(H,19,20)(H2,17,18,21). The van der Waals surface area contributed by atoms with Crippen LogP contribution in [0, 0.1) is 5.92 Å². The molecule has 21 heavy (non-hydrogen) atoms. The molecule has 0 aliphatic rings. The molecule has 0 bridgehead atoms. The zero-order valence-corrected chi connectivity index (χ0v) is 11.1. The number of carboxylic acids is 1. The number of nitrogens with zero attached hydrogens (tertiary/aromatic N) is 1. The number of carbonyl (C=O) groups is 2. The van der Waals surface area contributed by atoms with E-state index in [0.29, 0.717) is 6.42 Å². The van der Waals surface area contributed by atoms with Crippen molar-refractivity contribution in [2.75, 3.05) is 11.9 Å². The number of nitrogens with one attached hydrogen (secondary N) is 2. The van der Waals surface area contributed by atoms with Crippen molar-refractivity contribution in [2.24, 2.45) is 5.92 Å². The van der Waals surface area contributed by atoms with Gasteiger partial charge in [0.2, 0.25) is 0 Å². The second-order valence-electron chi connectivity index (χ2n) is 4.21. The van der Waals surface area contributed by atoms with Crippen LogP contribution in [0.2, 0.25) is 0 Å². The molecule has 1 unspecified atom stereocenters. The Morgan fingerprint density at radius 3 is 2.48 bits per heavy atom. The molecule has 1 rings (SSSR count). The van der Waals surface area contributed by atoms with Crippen molar-refractivity contribution >= 4 is 17.7 Å². The Bertz CT molecular complexity index is 503. The summed E-state index contributed by atoms with van der Waals surface area (Å²) in [5.74, 6) is -1.75. The molecule has 0 fully saturated rings. The van der Waals surface area contributed by atoms with Crippen LogP contribution in [0.4, 0.5) is 23.7 Å². The molecule has 0 aliphatic carbocycles. The SMILES string of the molecule is CCC(CNC(=O)Nc1ccc(C(F)(F)F)nc1)C(=O)O. The molecule has 2 amide bonds. The zero-order chi connectivity index (χ0) is 16.0. The summed E-state index contributed by atoms with van der Waals surface area (Å²) < 4.78 is 36.9. The van der Waals surface area contributed by atoms with Crippen molar-refractivity contribution < 1.29 is 27.9 Å². The first-order valence-electron chi connectivity index (χ1n) is 6.05. The molecule has 0 saturated carbocycles. The van der Waals surface area contributed by atoms with Crippen molar-refractivity contribution in [1.29, 1.82) is 0 Å². The van der Waals surface area contributed by atoms with Crippen LogP contribution in [0.1, 0.15) is 19.0 Å². The molecule has 9 heteroatoms. The van der Waals surface area contributed by atoms with Gasteiger partial charge in [-0.3, -0.25) is 4.79 Å². The number of aromatic nitrogens is 1. The smallest absolute Gasteiger partial charge is 0.433 e. The lowest BCUT2D eigenvalue weighted by Crippen LogP contribution is -2.35. The molecular weight excluding hydrogens is 291 g/mol. The highest BCUT2D eigenvalue weighted by Gasteiger charge is 2.32. The first kappa shape index (κ1) is 16.7. The number of aliphatic carboxylic acids is 1. The fraction of sp³-hybridized carbons (Fsp3) is 0.417. The highest BCUT2D eigenvalue weighted by Crippen LogP contribution is 2.27. The summed E-state index contributed by atoms with van der Waals surface area (Å²) in [5.41, 5.74) is -0.991. The van der Waals surface area contributed by atoms with Crippen molar-refractivity contribution in [3.63, 3.8) is 0 Å². The summed E-state index contributed by atoms with van der Waals surface area (Å²) in [4.78, 5) is 25.4. The van der Waals surface area contributed by atoms with Gasteiger partial charge in [-0.05, 0) is 18.6 Å². The molecule has 0 spiro atoms. The number of carboxylic acid groups (broad SMARTS) is 1. The summed E-state index contributed by atoms with van der Waals surface area (Å²) in [6.45, 7) is 1.59. The van der Waals surface area contributed by atoms with Crippen LogP contribution >= 0.6 is 0 Å². The second-order valence-corrected chi connectivity index (χ2v) is 4.21. The number of anilines is 1. The monoisotopic (exact) mass is 305 g/mol.